The summed E-state index contributed by atoms with van der Waals surface area (Å²) in [5, 5.41) is 3.81. The molecule has 0 saturated heterocycles. The Morgan fingerprint density at radius 3 is 2.44 bits per heavy atom. The number of ketones is 3. The van der Waals surface area contributed by atoms with Crippen LogP contribution in [0.2, 0.25) is 0 Å². The van der Waals surface area contributed by atoms with E-state index in [-0.39, 0.29) is 36.8 Å². The fraction of sp³-hybridized carbons (Fsp3) is 0.333. The van der Waals surface area contributed by atoms with Crippen LogP contribution in [0.25, 0.3) is 11.0 Å². The molecular weight excluding hydrogens is 431 g/mol. The maximum atomic E-state index is 13.9. The van der Waals surface area contributed by atoms with Crippen LogP contribution in [0, 0.1) is 12.8 Å². The van der Waals surface area contributed by atoms with Crippen LogP contribution in [0.5, 0.6) is 0 Å². The van der Waals surface area contributed by atoms with Gasteiger partial charge >= 0.3 is 6.18 Å². The average molecular weight is 447 g/mol. The molecule has 0 radical (unpaired) electrons. The lowest BCUT2D eigenvalue weighted by Crippen LogP contribution is -2.36. The monoisotopic (exact) mass is 447 g/mol. The van der Waals surface area contributed by atoms with Crippen LogP contribution in [-0.2, 0) is 22.3 Å². The highest BCUT2D eigenvalue weighted by atomic mass is 19.4. The number of Topliss-reactive ketones (excluding diaryl/α,β-unsaturated/α-hetero) is 3. The number of pyridine rings is 2. The predicted octanol–water partition coefficient (Wildman–Crippen LogP) is 2.88. The van der Waals surface area contributed by atoms with Gasteiger partial charge in [-0.3, -0.25) is 23.7 Å². The third-order valence-corrected chi connectivity index (χ3v) is 5.24. The molecule has 11 heteroatoms. The van der Waals surface area contributed by atoms with E-state index in [2.05, 4.69) is 10.1 Å². The first-order valence-electron chi connectivity index (χ1n) is 9.70. The summed E-state index contributed by atoms with van der Waals surface area (Å²) < 4.78 is 47.5. The summed E-state index contributed by atoms with van der Waals surface area (Å²) in [5.41, 5.74) is -3.08. The second-order valence-corrected chi connectivity index (χ2v) is 7.57. The minimum absolute atomic E-state index is 0.0544. The molecule has 0 unspecified atom stereocenters. The highest BCUT2D eigenvalue weighted by molar-refractivity contribution is 6.25. The van der Waals surface area contributed by atoms with E-state index in [4.69, 9.17) is 4.52 Å². The van der Waals surface area contributed by atoms with E-state index >= 15 is 0 Å². The number of halogens is 3. The Balaban J connectivity index is 1.90. The molecule has 4 rings (SSSR count). The van der Waals surface area contributed by atoms with Gasteiger partial charge in [0.05, 0.1) is 12.1 Å². The van der Waals surface area contributed by atoms with Crippen molar-refractivity contribution in [1.29, 1.82) is 0 Å². The molecule has 1 aliphatic carbocycles. The third-order valence-electron chi connectivity index (χ3n) is 5.24. The topological polar surface area (TPSA) is 112 Å². The van der Waals surface area contributed by atoms with Crippen LogP contribution in [-0.4, -0.2) is 32.1 Å². The highest BCUT2D eigenvalue weighted by Gasteiger charge is 2.43. The molecule has 0 bridgehead atoms. The lowest BCUT2D eigenvalue weighted by molar-refractivity contribution is -0.142. The van der Waals surface area contributed by atoms with Crippen LogP contribution in [0.4, 0.5) is 13.2 Å². The number of rotatable bonds is 4. The van der Waals surface area contributed by atoms with Crippen molar-refractivity contribution in [3.8, 4) is 0 Å². The lowest BCUT2D eigenvalue weighted by atomic mass is 9.81. The standard InChI is InChI=1S/C21H16F3N3O5/c1-10-7-12(26-32-10)9-27-16(30)6-5-11-8-13(19(21(22,23)24)25-20(11)27)18(31)17-14(28)3-2-4-15(17)29/h5-8,17H,2-4,9H2,1H3. The van der Waals surface area contributed by atoms with Crippen molar-refractivity contribution >= 4 is 28.4 Å². The Morgan fingerprint density at radius 2 is 1.84 bits per heavy atom. The number of fused-ring (bicyclic) bond motifs is 1. The maximum Gasteiger partial charge on any atom is 0.434 e. The van der Waals surface area contributed by atoms with Gasteiger partial charge in [0.25, 0.3) is 5.56 Å². The van der Waals surface area contributed by atoms with Crippen LogP contribution in [0.3, 0.4) is 0 Å². The van der Waals surface area contributed by atoms with Crippen molar-refractivity contribution in [2.45, 2.75) is 38.9 Å². The first-order chi connectivity index (χ1) is 15.1. The summed E-state index contributed by atoms with van der Waals surface area (Å²) in [7, 11) is 0. The second kappa shape index (κ2) is 7.81. The number of aromatic nitrogens is 3. The molecule has 3 aromatic heterocycles. The molecule has 166 valence electrons. The van der Waals surface area contributed by atoms with E-state index in [0.717, 1.165) is 16.7 Å². The van der Waals surface area contributed by atoms with E-state index in [1.54, 1.807) is 6.92 Å². The van der Waals surface area contributed by atoms with Crippen LogP contribution in [0.15, 0.2) is 33.6 Å². The Kier molecular flexibility index (Phi) is 5.27. The summed E-state index contributed by atoms with van der Waals surface area (Å²) in [6, 6.07) is 4.80. The normalized spacial score (nSPS) is 15.5. The molecule has 3 heterocycles. The Morgan fingerprint density at radius 1 is 1.16 bits per heavy atom. The smallest absolute Gasteiger partial charge is 0.361 e. The van der Waals surface area contributed by atoms with Crippen LogP contribution < -0.4 is 5.56 Å². The number of nitrogens with zero attached hydrogens (tertiary/aromatic N) is 3. The molecule has 0 N–H and O–H groups in total. The summed E-state index contributed by atoms with van der Waals surface area (Å²) in [4.78, 5) is 53.2. The van der Waals surface area contributed by atoms with Gasteiger partial charge in [0.15, 0.2) is 23.0 Å². The van der Waals surface area contributed by atoms with Crippen molar-refractivity contribution in [3.05, 3.63) is 57.3 Å². The molecule has 0 atom stereocenters. The van der Waals surface area contributed by atoms with Crippen molar-refractivity contribution in [1.82, 2.24) is 14.7 Å². The predicted molar refractivity (Wildman–Crippen MR) is 103 cm³/mol. The molecule has 8 nitrogen and oxygen atoms in total. The van der Waals surface area contributed by atoms with E-state index < -0.39 is 46.3 Å². The van der Waals surface area contributed by atoms with Crippen molar-refractivity contribution < 1.29 is 32.1 Å². The van der Waals surface area contributed by atoms with Gasteiger partial charge in [-0.1, -0.05) is 5.16 Å². The van der Waals surface area contributed by atoms with Gasteiger partial charge in [-0.15, -0.1) is 0 Å². The van der Waals surface area contributed by atoms with Gasteiger partial charge < -0.3 is 4.52 Å². The first-order valence-corrected chi connectivity index (χ1v) is 9.70. The number of hydrogen-bond acceptors (Lipinski definition) is 7. The van der Waals surface area contributed by atoms with E-state index in [0.29, 0.717) is 11.5 Å². The summed E-state index contributed by atoms with van der Waals surface area (Å²) in [5.74, 6) is -3.96. The third kappa shape index (κ3) is 3.85. The molecule has 3 aromatic rings. The quantitative estimate of drug-likeness (QED) is 0.447. The molecule has 1 fully saturated rings. The minimum Gasteiger partial charge on any atom is -0.361 e. The molecule has 0 amide bonds. The SMILES string of the molecule is Cc1cc(Cn2c(=O)ccc3cc(C(=O)C4C(=O)CCCC4=O)c(C(F)(F)F)nc32)no1. The summed E-state index contributed by atoms with van der Waals surface area (Å²) in [6.07, 6.45) is -4.92. The Bertz CT molecular complexity index is 1310. The lowest BCUT2D eigenvalue weighted by Gasteiger charge is -2.20. The molecule has 1 saturated carbocycles. The summed E-state index contributed by atoms with van der Waals surface area (Å²) >= 11 is 0. The molecule has 1 aliphatic rings. The van der Waals surface area contributed by atoms with Crippen molar-refractivity contribution in [2.75, 3.05) is 0 Å². The summed E-state index contributed by atoms with van der Waals surface area (Å²) in [6.45, 7) is 1.42. The molecular formula is C21H16F3N3O5. The first kappa shape index (κ1) is 21.6. The van der Waals surface area contributed by atoms with Crippen molar-refractivity contribution in [2.24, 2.45) is 5.92 Å². The fourth-order valence-electron chi connectivity index (χ4n) is 3.78. The number of carbonyl (C=O) groups is 3. The molecule has 0 aromatic carbocycles. The molecule has 32 heavy (non-hydrogen) atoms. The maximum absolute atomic E-state index is 13.9. The second-order valence-electron chi connectivity index (χ2n) is 7.57. The average Bonchev–Trinajstić information content (AvgIpc) is 3.13. The van der Waals surface area contributed by atoms with Crippen LogP contribution in [0.1, 0.15) is 46.8 Å². The molecule has 0 spiro atoms. The minimum atomic E-state index is -5.07. The van der Waals surface area contributed by atoms with Crippen LogP contribution >= 0.6 is 0 Å². The Labute approximate surface area is 178 Å². The van der Waals surface area contributed by atoms with E-state index in [1.165, 1.54) is 12.1 Å². The fourth-order valence-corrected chi connectivity index (χ4v) is 3.78. The number of aryl methyl sites for hydroxylation is 1. The van der Waals surface area contributed by atoms with Crippen molar-refractivity contribution in [3.63, 3.8) is 0 Å². The van der Waals surface area contributed by atoms with Gasteiger partial charge in [-0.2, -0.15) is 13.2 Å². The van der Waals surface area contributed by atoms with E-state index in [9.17, 15) is 32.3 Å². The zero-order valence-electron chi connectivity index (χ0n) is 16.7. The van der Waals surface area contributed by atoms with Gasteiger partial charge in [-0.05, 0) is 25.5 Å². The highest BCUT2D eigenvalue weighted by Crippen LogP contribution is 2.34. The Hall–Kier alpha value is -3.63. The van der Waals surface area contributed by atoms with Gasteiger partial charge in [0, 0.05) is 30.4 Å². The molecule has 0 aliphatic heterocycles. The largest absolute Gasteiger partial charge is 0.434 e. The van der Waals surface area contributed by atoms with Gasteiger partial charge in [0.1, 0.15) is 23.0 Å². The van der Waals surface area contributed by atoms with Gasteiger partial charge in [-0.25, -0.2) is 4.98 Å². The van der Waals surface area contributed by atoms with Gasteiger partial charge in [0.2, 0.25) is 0 Å². The number of alkyl halides is 3. The number of carbonyl (C=O) groups excluding carboxylic acids is 3. The number of hydrogen-bond donors (Lipinski definition) is 0. The zero-order chi connectivity index (χ0) is 23.2. The van der Waals surface area contributed by atoms with E-state index in [1.807, 2.05) is 0 Å². The zero-order valence-corrected chi connectivity index (χ0v) is 16.7.